The van der Waals surface area contributed by atoms with Crippen molar-refractivity contribution in [3.05, 3.63) is 58.6 Å². The van der Waals surface area contributed by atoms with Crippen LogP contribution in [0, 0.1) is 12.7 Å². The minimum Gasteiger partial charge on any atom is -0.407 e. The highest BCUT2D eigenvalue weighted by Gasteiger charge is 2.49. The second kappa shape index (κ2) is 7.50. The van der Waals surface area contributed by atoms with E-state index >= 15 is 0 Å². The number of aryl methyl sites for hydroxylation is 1. The number of pyridine rings is 1. The number of carbonyl (C=O) groups is 2. The van der Waals surface area contributed by atoms with Crippen LogP contribution in [0.2, 0.25) is 5.02 Å². The molecule has 2 aromatic rings. The normalized spacial score (nSPS) is 19.3. The molecule has 2 heterocycles. The number of benzene rings is 1. The quantitative estimate of drug-likeness (QED) is 0.779. The smallest absolute Gasteiger partial charge is 0.407 e. The molecule has 7 nitrogen and oxygen atoms in total. The second-order valence-electron chi connectivity index (χ2n) is 6.17. The molecular weight excluding hydrogens is 377 g/mol. The largest absolute Gasteiger partial charge is 0.410 e. The maximum absolute atomic E-state index is 13.3. The molecule has 0 bridgehead atoms. The van der Waals surface area contributed by atoms with E-state index in [2.05, 4.69) is 10.3 Å². The van der Waals surface area contributed by atoms with E-state index in [-0.39, 0.29) is 24.5 Å². The van der Waals surface area contributed by atoms with Gasteiger partial charge >= 0.3 is 6.09 Å². The Morgan fingerprint density at radius 2 is 2.22 bits per heavy atom. The number of anilines is 1. The van der Waals surface area contributed by atoms with Gasteiger partial charge in [0.2, 0.25) is 0 Å². The molecule has 0 unspecified atom stereocenters. The fourth-order valence-electron chi connectivity index (χ4n) is 2.80. The maximum atomic E-state index is 13.3. The van der Waals surface area contributed by atoms with Gasteiger partial charge in [-0.25, -0.2) is 9.18 Å². The Morgan fingerprint density at radius 3 is 2.93 bits per heavy atom. The van der Waals surface area contributed by atoms with Crippen LogP contribution in [0.5, 0.6) is 0 Å². The number of aliphatic hydroxyl groups is 1. The van der Waals surface area contributed by atoms with Crippen molar-refractivity contribution in [2.24, 2.45) is 0 Å². The summed E-state index contributed by atoms with van der Waals surface area (Å²) in [5.41, 5.74) is 1.68. The Balaban J connectivity index is 1.62. The van der Waals surface area contributed by atoms with Gasteiger partial charge in [0, 0.05) is 42.1 Å². The lowest BCUT2D eigenvalue weighted by Crippen LogP contribution is -2.46. The van der Waals surface area contributed by atoms with Gasteiger partial charge in [0.15, 0.2) is 0 Å². The first-order valence-corrected chi connectivity index (χ1v) is 8.53. The maximum Gasteiger partial charge on any atom is 0.410 e. The van der Waals surface area contributed by atoms with Gasteiger partial charge in [0.1, 0.15) is 5.82 Å². The van der Waals surface area contributed by atoms with E-state index in [1.807, 2.05) is 0 Å². The van der Waals surface area contributed by atoms with Crippen molar-refractivity contribution in [2.75, 3.05) is 11.4 Å². The number of nitrogens with one attached hydrogen (secondary N) is 1. The van der Waals surface area contributed by atoms with Gasteiger partial charge in [-0.3, -0.25) is 9.78 Å². The summed E-state index contributed by atoms with van der Waals surface area (Å²) < 4.78 is 18.2. The summed E-state index contributed by atoms with van der Waals surface area (Å²) in [6.07, 6.45) is 0.471. The van der Waals surface area contributed by atoms with Crippen molar-refractivity contribution in [1.82, 2.24) is 10.3 Å². The molecule has 1 atom stereocenters. The van der Waals surface area contributed by atoms with Crippen molar-refractivity contribution < 1.29 is 23.8 Å². The molecule has 3 rings (SSSR count). The number of carbonyl (C=O) groups excluding carboxylic acids is 2. The van der Waals surface area contributed by atoms with Crippen molar-refractivity contribution in [1.29, 1.82) is 0 Å². The van der Waals surface area contributed by atoms with Crippen LogP contribution in [0.15, 0.2) is 36.5 Å². The molecule has 142 valence electrons. The number of halogens is 2. The van der Waals surface area contributed by atoms with Crippen LogP contribution in [0.25, 0.3) is 0 Å². The fraction of sp³-hybridized carbons (Fsp3) is 0.278. The average Bonchev–Trinajstić information content (AvgIpc) is 2.87. The van der Waals surface area contributed by atoms with Crippen LogP contribution in [0.4, 0.5) is 14.9 Å². The molecule has 1 aromatic carbocycles. The Bertz CT molecular complexity index is 874. The van der Waals surface area contributed by atoms with Crippen molar-refractivity contribution in [3.63, 3.8) is 0 Å². The highest BCUT2D eigenvalue weighted by atomic mass is 35.5. The van der Waals surface area contributed by atoms with Crippen molar-refractivity contribution in [3.8, 4) is 0 Å². The third kappa shape index (κ3) is 4.35. The fourth-order valence-corrected chi connectivity index (χ4v) is 3.04. The lowest BCUT2D eigenvalue weighted by Gasteiger charge is -2.22. The first-order chi connectivity index (χ1) is 12.8. The molecule has 2 N–H and O–H groups in total. The zero-order valence-electron chi connectivity index (χ0n) is 14.4. The predicted molar refractivity (Wildman–Crippen MR) is 95.6 cm³/mol. The third-order valence-corrected chi connectivity index (χ3v) is 4.28. The third-order valence-electron chi connectivity index (χ3n) is 4.07. The molecule has 1 aliphatic heterocycles. The van der Waals surface area contributed by atoms with E-state index in [9.17, 15) is 19.1 Å². The highest BCUT2D eigenvalue weighted by Crippen LogP contribution is 2.29. The summed E-state index contributed by atoms with van der Waals surface area (Å²) in [6, 6.07) is 7.14. The van der Waals surface area contributed by atoms with Crippen molar-refractivity contribution in [2.45, 2.75) is 25.7 Å². The SMILES string of the molecule is Cc1cc(N2CC[C@](O)(OC(=O)NCc3cc(F)cc(Cl)c3)C2=O)ccn1. The summed E-state index contributed by atoms with van der Waals surface area (Å²) in [6.45, 7) is 1.89. The zero-order valence-corrected chi connectivity index (χ0v) is 15.2. The highest BCUT2D eigenvalue weighted by molar-refractivity contribution is 6.30. The number of alkyl carbamates (subject to hydrolysis) is 1. The van der Waals surface area contributed by atoms with E-state index < -0.39 is 23.6 Å². The van der Waals surface area contributed by atoms with Gasteiger partial charge in [0.25, 0.3) is 11.7 Å². The van der Waals surface area contributed by atoms with Crippen molar-refractivity contribution >= 4 is 29.3 Å². The number of rotatable bonds is 4. The van der Waals surface area contributed by atoms with Crippen LogP contribution in [0.3, 0.4) is 0 Å². The second-order valence-corrected chi connectivity index (χ2v) is 6.60. The Kier molecular flexibility index (Phi) is 5.29. The molecule has 9 heteroatoms. The van der Waals surface area contributed by atoms with E-state index in [4.69, 9.17) is 16.3 Å². The molecule has 1 saturated heterocycles. The monoisotopic (exact) mass is 393 g/mol. The molecule has 27 heavy (non-hydrogen) atoms. The molecule has 1 aromatic heterocycles. The number of nitrogens with zero attached hydrogens (tertiary/aromatic N) is 2. The van der Waals surface area contributed by atoms with Crippen LogP contribution >= 0.6 is 11.6 Å². The lowest BCUT2D eigenvalue weighted by molar-refractivity contribution is -0.175. The van der Waals surface area contributed by atoms with Gasteiger partial charge < -0.3 is 20.1 Å². The van der Waals surface area contributed by atoms with E-state index in [1.165, 1.54) is 17.0 Å². The molecule has 0 radical (unpaired) electrons. The van der Waals surface area contributed by atoms with Gasteiger partial charge in [-0.1, -0.05) is 11.6 Å². The van der Waals surface area contributed by atoms with Crippen LogP contribution in [-0.4, -0.2) is 34.4 Å². The molecule has 1 aliphatic rings. The minimum absolute atomic E-state index is 0.0755. The Labute approximate surface area is 159 Å². The summed E-state index contributed by atoms with van der Waals surface area (Å²) in [4.78, 5) is 29.9. The molecular formula is C18H17ClFN3O4. The number of hydrogen-bond acceptors (Lipinski definition) is 5. The summed E-state index contributed by atoms with van der Waals surface area (Å²) >= 11 is 5.75. The minimum atomic E-state index is -2.26. The predicted octanol–water partition coefficient (Wildman–Crippen LogP) is 2.53. The van der Waals surface area contributed by atoms with Crippen LogP contribution < -0.4 is 10.2 Å². The number of amides is 2. The van der Waals surface area contributed by atoms with Gasteiger partial charge in [-0.15, -0.1) is 0 Å². The number of ether oxygens (including phenoxy) is 1. The molecule has 0 saturated carbocycles. The topological polar surface area (TPSA) is 91.8 Å². The number of aromatic nitrogens is 1. The van der Waals surface area contributed by atoms with Gasteiger partial charge in [-0.2, -0.15) is 0 Å². The molecule has 0 aliphatic carbocycles. The lowest BCUT2D eigenvalue weighted by atomic mass is 10.2. The summed E-state index contributed by atoms with van der Waals surface area (Å²) in [7, 11) is 0. The summed E-state index contributed by atoms with van der Waals surface area (Å²) in [5.74, 6) is -3.54. The van der Waals surface area contributed by atoms with Gasteiger partial charge in [-0.05, 0) is 42.8 Å². The zero-order chi connectivity index (χ0) is 19.6. The Morgan fingerprint density at radius 1 is 1.44 bits per heavy atom. The standard InChI is InChI=1S/C18H17ClFN3O4/c1-11-6-15(2-4-21-11)23-5-3-18(26,16(23)24)27-17(25)22-10-12-7-13(19)9-14(20)8-12/h2,4,6-9,26H,3,5,10H2,1H3,(H,22,25)/t18-/m0/s1. The van der Waals surface area contributed by atoms with Crippen LogP contribution in [-0.2, 0) is 16.1 Å². The molecule has 1 fully saturated rings. The first kappa shape index (κ1) is 19.1. The van der Waals surface area contributed by atoms with E-state index in [0.717, 1.165) is 6.07 Å². The van der Waals surface area contributed by atoms with E-state index in [1.54, 1.807) is 25.3 Å². The summed E-state index contributed by atoms with van der Waals surface area (Å²) in [5, 5.41) is 13.0. The van der Waals surface area contributed by atoms with Crippen LogP contribution in [0.1, 0.15) is 17.7 Å². The van der Waals surface area contributed by atoms with E-state index in [0.29, 0.717) is 16.9 Å². The average molecular weight is 394 g/mol. The Hall–Kier alpha value is -2.71. The molecule has 2 amide bonds. The number of hydrogen-bond donors (Lipinski definition) is 2. The molecule has 0 spiro atoms. The van der Waals surface area contributed by atoms with Gasteiger partial charge in [0.05, 0.1) is 0 Å². The first-order valence-electron chi connectivity index (χ1n) is 8.16.